The lowest BCUT2D eigenvalue weighted by atomic mass is 10.0. The number of rotatable bonds is 5. The molecule has 19 heavy (non-hydrogen) atoms. The van der Waals surface area contributed by atoms with Gasteiger partial charge in [-0.05, 0) is 35.9 Å². The van der Waals surface area contributed by atoms with E-state index in [9.17, 15) is 4.39 Å². The van der Waals surface area contributed by atoms with E-state index in [0.29, 0.717) is 6.54 Å². The highest BCUT2D eigenvalue weighted by molar-refractivity contribution is 5.67. The van der Waals surface area contributed by atoms with Gasteiger partial charge in [0, 0.05) is 18.3 Å². The van der Waals surface area contributed by atoms with Crippen molar-refractivity contribution < 1.29 is 9.13 Å². The first-order chi connectivity index (χ1) is 9.24. The van der Waals surface area contributed by atoms with Crippen LogP contribution in [0.5, 0.6) is 5.75 Å². The summed E-state index contributed by atoms with van der Waals surface area (Å²) in [7, 11) is 1.63. The molecule has 3 nitrogen and oxygen atoms in total. The molecule has 0 aliphatic heterocycles. The highest BCUT2D eigenvalue weighted by atomic mass is 19.1. The molecule has 0 fully saturated rings. The molecular formula is C15H17FN2O. The van der Waals surface area contributed by atoms with Gasteiger partial charge in [0.15, 0.2) is 0 Å². The first-order valence-corrected chi connectivity index (χ1v) is 6.23. The van der Waals surface area contributed by atoms with Crippen molar-refractivity contribution in [2.45, 2.75) is 13.5 Å². The zero-order valence-electron chi connectivity index (χ0n) is 11.1. The van der Waals surface area contributed by atoms with Gasteiger partial charge in [-0.3, -0.25) is 4.98 Å². The van der Waals surface area contributed by atoms with E-state index in [1.807, 2.05) is 25.1 Å². The SMILES string of the molecule is CCNCc1cc(OC)ccc1-c1cncc(F)c1. The van der Waals surface area contributed by atoms with E-state index >= 15 is 0 Å². The monoisotopic (exact) mass is 260 g/mol. The molecule has 2 aromatic rings. The predicted molar refractivity (Wildman–Crippen MR) is 73.6 cm³/mol. The van der Waals surface area contributed by atoms with E-state index in [1.165, 1.54) is 12.3 Å². The molecule has 1 N–H and O–H groups in total. The number of ether oxygens (including phenoxy) is 1. The molecule has 0 bridgehead atoms. The van der Waals surface area contributed by atoms with Crippen LogP contribution in [0.2, 0.25) is 0 Å². The summed E-state index contributed by atoms with van der Waals surface area (Å²) < 4.78 is 18.5. The van der Waals surface area contributed by atoms with Crippen molar-refractivity contribution in [2.75, 3.05) is 13.7 Å². The highest BCUT2D eigenvalue weighted by Crippen LogP contribution is 2.27. The van der Waals surface area contributed by atoms with Crippen molar-refractivity contribution in [1.82, 2.24) is 10.3 Å². The van der Waals surface area contributed by atoms with Gasteiger partial charge in [-0.15, -0.1) is 0 Å². The molecule has 1 aromatic carbocycles. The number of nitrogens with one attached hydrogen (secondary N) is 1. The maximum Gasteiger partial charge on any atom is 0.142 e. The summed E-state index contributed by atoms with van der Waals surface area (Å²) in [5.74, 6) is 0.462. The fraction of sp³-hybridized carbons (Fsp3) is 0.267. The summed E-state index contributed by atoms with van der Waals surface area (Å²) in [6.07, 6.45) is 2.87. The molecule has 4 heteroatoms. The Balaban J connectivity index is 2.43. The van der Waals surface area contributed by atoms with Gasteiger partial charge in [0.25, 0.3) is 0 Å². The van der Waals surface area contributed by atoms with Gasteiger partial charge in [0.05, 0.1) is 13.3 Å². The van der Waals surface area contributed by atoms with Crippen LogP contribution in [0.25, 0.3) is 11.1 Å². The summed E-state index contributed by atoms with van der Waals surface area (Å²) in [6, 6.07) is 7.25. The third-order valence-corrected chi connectivity index (χ3v) is 2.89. The first-order valence-electron chi connectivity index (χ1n) is 6.23. The summed E-state index contributed by atoms with van der Waals surface area (Å²) in [6.45, 7) is 3.63. The summed E-state index contributed by atoms with van der Waals surface area (Å²) in [5.41, 5.74) is 2.80. The van der Waals surface area contributed by atoms with Crippen LogP contribution in [0.15, 0.2) is 36.7 Å². The molecular weight excluding hydrogens is 243 g/mol. The standard InChI is InChI=1S/C15H17FN2O/c1-3-17-8-12-7-14(19-2)4-5-15(12)11-6-13(16)10-18-9-11/h4-7,9-10,17H,3,8H2,1-2H3. The minimum Gasteiger partial charge on any atom is -0.497 e. The number of hydrogen-bond donors (Lipinski definition) is 1. The van der Waals surface area contributed by atoms with Crippen molar-refractivity contribution in [3.63, 3.8) is 0 Å². The van der Waals surface area contributed by atoms with E-state index in [4.69, 9.17) is 4.74 Å². The van der Waals surface area contributed by atoms with Crippen molar-refractivity contribution in [2.24, 2.45) is 0 Å². The Bertz CT molecular complexity index is 558. The quantitative estimate of drug-likeness (QED) is 0.897. The van der Waals surface area contributed by atoms with Crippen LogP contribution >= 0.6 is 0 Å². The van der Waals surface area contributed by atoms with Crippen molar-refractivity contribution in [1.29, 1.82) is 0 Å². The smallest absolute Gasteiger partial charge is 0.142 e. The normalized spacial score (nSPS) is 10.5. The zero-order chi connectivity index (χ0) is 13.7. The Kier molecular flexibility index (Phi) is 4.47. The van der Waals surface area contributed by atoms with Gasteiger partial charge < -0.3 is 10.1 Å². The predicted octanol–water partition coefficient (Wildman–Crippen LogP) is 3.01. The van der Waals surface area contributed by atoms with Crippen LogP contribution in [-0.2, 0) is 6.54 Å². The molecule has 2 rings (SSSR count). The summed E-state index contributed by atoms with van der Waals surface area (Å²) in [4.78, 5) is 3.90. The van der Waals surface area contributed by atoms with Gasteiger partial charge in [-0.25, -0.2) is 4.39 Å². The molecule has 0 spiro atoms. The number of halogens is 1. The van der Waals surface area contributed by atoms with E-state index in [-0.39, 0.29) is 5.82 Å². The Labute approximate surface area is 112 Å². The minimum absolute atomic E-state index is 0.331. The average molecular weight is 260 g/mol. The maximum atomic E-state index is 13.3. The molecule has 0 radical (unpaired) electrons. The highest BCUT2D eigenvalue weighted by Gasteiger charge is 2.08. The van der Waals surface area contributed by atoms with Crippen LogP contribution in [0, 0.1) is 5.82 Å². The fourth-order valence-corrected chi connectivity index (χ4v) is 1.94. The van der Waals surface area contributed by atoms with E-state index in [2.05, 4.69) is 10.3 Å². The Morgan fingerprint density at radius 3 is 2.79 bits per heavy atom. The van der Waals surface area contributed by atoms with Crippen molar-refractivity contribution in [3.8, 4) is 16.9 Å². The number of methoxy groups -OCH3 is 1. The molecule has 100 valence electrons. The zero-order valence-corrected chi connectivity index (χ0v) is 11.1. The molecule has 0 atom stereocenters. The molecule has 1 aromatic heterocycles. The Morgan fingerprint density at radius 1 is 1.26 bits per heavy atom. The molecule has 0 aliphatic carbocycles. The Hall–Kier alpha value is -1.94. The van der Waals surface area contributed by atoms with Crippen molar-refractivity contribution >= 4 is 0 Å². The number of benzene rings is 1. The van der Waals surface area contributed by atoms with Gasteiger partial charge in [0.1, 0.15) is 11.6 Å². The van der Waals surface area contributed by atoms with E-state index in [0.717, 1.165) is 29.0 Å². The topological polar surface area (TPSA) is 34.1 Å². The minimum atomic E-state index is -0.331. The van der Waals surface area contributed by atoms with Gasteiger partial charge in [-0.2, -0.15) is 0 Å². The second-order valence-corrected chi connectivity index (χ2v) is 4.20. The molecule has 0 amide bonds. The van der Waals surface area contributed by atoms with Crippen LogP contribution in [-0.4, -0.2) is 18.6 Å². The van der Waals surface area contributed by atoms with Crippen LogP contribution < -0.4 is 10.1 Å². The van der Waals surface area contributed by atoms with Gasteiger partial charge in [-0.1, -0.05) is 13.0 Å². The summed E-state index contributed by atoms with van der Waals surface area (Å²) >= 11 is 0. The van der Waals surface area contributed by atoms with Crippen molar-refractivity contribution in [3.05, 3.63) is 48.0 Å². The lowest BCUT2D eigenvalue weighted by molar-refractivity contribution is 0.414. The molecule has 0 aliphatic rings. The fourth-order valence-electron chi connectivity index (χ4n) is 1.94. The molecule has 0 saturated carbocycles. The Morgan fingerprint density at radius 2 is 2.11 bits per heavy atom. The average Bonchev–Trinajstić information content (AvgIpc) is 2.44. The number of aromatic nitrogens is 1. The van der Waals surface area contributed by atoms with Gasteiger partial charge in [0.2, 0.25) is 0 Å². The molecule has 0 unspecified atom stereocenters. The number of hydrogen-bond acceptors (Lipinski definition) is 3. The molecule has 1 heterocycles. The third-order valence-electron chi connectivity index (χ3n) is 2.89. The van der Waals surface area contributed by atoms with Crippen LogP contribution in [0.4, 0.5) is 4.39 Å². The van der Waals surface area contributed by atoms with Crippen LogP contribution in [0.3, 0.4) is 0 Å². The number of nitrogens with zero attached hydrogens (tertiary/aromatic N) is 1. The lowest BCUT2D eigenvalue weighted by Crippen LogP contribution is -2.12. The summed E-state index contributed by atoms with van der Waals surface area (Å²) in [5, 5.41) is 3.27. The van der Waals surface area contributed by atoms with E-state index < -0.39 is 0 Å². The van der Waals surface area contributed by atoms with E-state index in [1.54, 1.807) is 13.3 Å². The van der Waals surface area contributed by atoms with Gasteiger partial charge >= 0.3 is 0 Å². The first kappa shape index (κ1) is 13.5. The second kappa shape index (κ2) is 6.29. The third kappa shape index (κ3) is 3.29. The maximum absolute atomic E-state index is 13.3. The second-order valence-electron chi connectivity index (χ2n) is 4.20. The molecule has 0 saturated heterocycles. The van der Waals surface area contributed by atoms with Crippen LogP contribution in [0.1, 0.15) is 12.5 Å². The number of pyridine rings is 1. The largest absolute Gasteiger partial charge is 0.497 e. The lowest BCUT2D eigenvalue weighted by Gasteiger charge is -2.12.